The second kappa shape index (κ2) is 5.47. The largest absolute Gasteiger partial charge is 0.467 e. The first-order valence-electron chi connectivity index (χ1n) is 7.08. The van der Waals surface area contributed by atoms with E-state index in [1.807, 2.05) is 24.3 Å². The second-order valence-electron chi connectivity index (χ2n) is 5.38. The van der Waals surface area contributed by atoms with Crippen LogP contribution in [0.3, 0.4) is 0 Å². The number of nitrogens with one attached hydrogen (secondary N) is 1. The third-order valence-corrected chi connectivity index (χ3v) is 4.66. The van der Waals surface area contributed by atoms with E-state index in [0.717, 1.165) is 17.7 Å². The highest BCUT2D eigenvalue weighted by Crippen LogP contribution is 2.39. The lowest BCUT2D eigenvalue weighted by atomic mass is 9.96. The number of nitrogen functional groups attached to an aromatic ring is 1. The number of nitrogens with zero attached hydrogens (tertiary/aromatic N) is 3. The summed E-state index contributed by atoms with van der Waals surface area (Å²) in [5.41, 5.74) is 6.77. The van der Waals surface area contributed by atoms with Crippen molar-refractivity contribution in [2.75, 3.05) is 11.1 Å². The van der Waals surface area contributed by atoms with E-state index in [1.54, 1.807) is 17.0 Å². The Balaban J connectivity index is 1.75. The molecule has 0 bridgehead atoms. The van der Waals surface area contributed by atoms with Crippen LogP contribution in [0.2, 0.25) is 10.0 Å². The number of furan rings is 1. The summed E-state index contributed by atoms with van der Waals surface area (Å²) in [6.45, 7) is 0. The molecule has 1 aromatic carbocycles. The minimum atomic E-state index is -0.0921. The molecule has 118 valence electrons. The predicted octanol–water partition coefficient (Wildman–Crippen LogP) is 3.91. The average molecular weight is 350 g/mol. The zero-order valence-electron chi connectivity index (χ0n) is 11.9. The lowest BCUT2D eigenvalue weighted by Crippen LogP contribution is -2.27. The quantitative estimate of drug-likeness (QED) is 0.732. The summed E-state index contributed by atoms with van der Waals surface area (Å²) < 4.78 is 7.31. The van der Waals surface area contributed by atoms with Gasteiger partial charge >= 0.3 is 0 Å². The molecule has 23 heavy (non-hydrogen) atoms. The number of hydrogen-bond acceptors (Lipinski definition) is 5. The van der Waals surface area contributed by atoms with Crippen LogP contribution in [0, 0.1) is 0 Å². The van der Waals surface area contributed by atoms with Gasteiger partial charge in [0.05, 0.1) is 22.4 Å². The third kappa shape index (κ3) is 2.54. The van der Waals surface area contributed by atoms with Crippen molar-refractivity contribution in [3.8, 4) is 0 Å². The second-order valence-corrected chi connectivity index (χ2v) is 6.19. The van der Waals surface area contributed by atoms with Crippen molar-refractivity contribution in [2.24, 2.45) is 0 Å². The van der Waals surface area contributed by atoms with Crippen molar-refractivity contribution in [3.05, 3.63) is 58.0 Å². The van der Waals surface area contributed by atoms with Crippen LogP contribution in [-0.2, 0) is 0 Å². The van der Waals surface area contributed by atoms with E-state index in [4.69, 9.17) is 33.4 Å². The summed E-state index contributed by atoms with van der Waals surface area (Å²) in [6, 6.07) is 9.27. The van der Waals surface area contributed by atoms with E-state index in [0.29, 0.717) is 16.0 Å². The molecule has 0 aliphatic carbocycles. The Bertz CT molecular complexity index is 846. The molecule has 2 atom stereocenters. The lowest BCUT2D eigenvalue weighted by molar-refractivity contribution is 0.359. The Morgan fingerprint density at radius 1 is 1.26 bits per heavy atom. The Morgan fingerprint density at radius 3 is 2.87 bits per heavy atom. The summed E-state index contributed by atoms with van der Waals surface area (Å²) >= 11 is 12.1. The molecule has 1 aliphatic heterocycles. The molecule has 1 aliphatic rings. The molecule has 4 rings (SSSR count). The van der Waals surface area contributed by atoms with Crippen molar-refractivity contribution < 1.29 is 4.42 Å². The van der Waals surface area contributed by atoms with Crippen molar-refractivity contribution in [2.45, 2.75) is 18.5 Å². The van der Waals surface area contributed by atoms with E-state index in [9.17, 15) is 0 Å². The first-order chi connectivity index (χ1) is 11.1. The highest BCUT2D eigenvalue weighted by atomic mass is 35.5. The van der Waals surface area contributed by atoms with Gasteiger partial charge in [-0.25, -0.2) is 4.68 Å². The Kier molecular flexibility index (Phi) is 3.43. The van der Waals surface area contributed by atoms with Gasteiger partial charge in [0.25, 0.3) is 0 Å². The van der Waals surface area contributed by atoms with Gasteiger partial charge in [0, 0.05) is 6.42 Å². The number of halogens is 2. The number of rotatable bonds is 2. The average Bonchev–Trinajstić information content (AvgIpc) is 3.17. The molecule has 0 fully saturated rings. The van der Waals surface area contributed by atoms with E-state index < -0.39 is 0 Å². The van der Waals surface area contributed by atoms with Crippen LogP contribution in [0.4, 0.5) is 11.9 Å². The SMILES string of the molecule is Nc1nc2n(n1)[C@H](c1ccco1)C[C@@H](c1ccc(Cl)c(Cl)c1)N2. The molecular weight excluding hydrogens is 337 g/mol. The fourth-order valence-corrected chi connectivity index (χ4v) is 3.17. The summed E-state index contributed by atoms with van der Waals surface area (Å²) in [5.74, 6) is 1.63. The molecule has 8 heteroatoms. The van der Waals surface area contributed by atoms with Gasteiger partial charge in [0.1, 0.15) is 11.8 Å². The molecule has 3 aromatic rings. The first kappa shape index (κ1) is 14.4. The predicted molar refractivity (Wildman–Crippen MR) is 88.7 cm³/mol. The van der Waals surface area contributed by atoms with E-state index in [1.165, 1.54) is 0 Å². The van der Waals surface area contributed by atoms with Gasteiger partial charge in [-0.15, -0.1) is 5.10 Å². The topological polar surface area (TPSA) is 81.9 Å². The summed E-state index contributed by atoms with van der Waals surface area (Å²) in [7, 11) is 0. The highest BCUT2D eigenvalue weighted by molar-refractivity contribution is 6.42. The standard InChI is InChI=1S/C15H13Cl2N5O/c16-9-4-3-8(6-10(9)17)11-7-12(13-2-1-5-23-13)22-15(19-11)20-14(18)21-22/h1-6,11-12H,7H2,(H3,18,19,20,21)/t11-,12-/m0/s1. The molecular formula is C15H13Cl2N5O. The molecule has 0 saturated carbocycles. The molecule has 6 nitrogen and oxygen atoms in total. The zero-order valence-corrected chi connectivity index (χ0v) is 13.4. The van der Waals surface area contributed by atoms with Crippen LogP contribution >= 0.6 is 23.2 Å². The Labute approximate surface area is 142 Å². The number of nitrogens with two attached hydrogens (primary N) is 1. The number of fused-ring (bicyclic) bond motifs is 1. The maximum atomic E-state index is 6.14. The van der Waals surface area contributed by atoms with Crippen LogP contribution < -0.4 is 11.1 Å². The number of anilines is 2. The summed E-state index contributed by atoms with van der Waals surface area (Å²) in [6.07, 6.45) is 2.37. The monoisotopic (exact) mass is 349 g/mol. The van der Waals surface area contributed by atoms with Gasteiger partial charge in [0.2, 0.25) is 11.9 Å². The minimum absolute atomic E-state index is 0.00373. The molecule has 3 N–H and O–H groups in total. The van der Waals surface area contributed by atoms with E-state index in [2.05, 4.69) is 15.4 Å². The van der Waals surface area contributed by atoms with Crippen LogP contribution in [0.25, 0.3) is 0 Å². The molecule has 0 radical (unpaired) electrons. The smallest absolute Gasteiger partial charge is 0.241 e. The van der Waals surface area contributed by atoms with Gasteiger partial charge in [0.15, 0.2) is 0 Å². The first-order valence-corrected chi connectivity index (χ1v) is 7.84. The zero-order chi connectivity index (χ0) is 16.0. The van der Waals surface area contributed by atoms with Crippen molar-refractivity contribution in [1.29, 1.82) is 0 Å². The molecule has 0 amide bonds. The van der Waals surface area contributed by atoms with Crippen molar-refractivity contribution >= 4 is 35.1 Å². The number of hydrogen-bond donors (Lipinski definition) is 2. The Morgan fingerprint density at radius 2 is 2.13 bits per heavy atom. The van der Waals surface area contributed by atoms with Crippen molar-refractivity contribution in [1.82, 2.24) is 14.8 Å². The van der Waals surface area contributed by atoms with Crippen molar-refractivity contribution in [3.63, 3.8) is 0 Å². The van der Waals surface area contributed by atoms with Gasteiger partial charge in [-0.05, 0) is 29.8 Å². The fourth-order valence-electron chi connectivity index (χ4n) is 2.86. The maximum Gasteiger partial charge on any atom is 0.241 e. The fraction of sp³-hybridized carbons (Fsp3) is 0.200. The lowest BCUT2D eigenvalue weighted by Gasteiger charge is -2.30. The Hall–Kier alpha value is -2.18. The third-order valence-electron chi connectivity index (χ3n) is 3.92. The number of benzene rings is 1. The normalized spacial score (nSPS) is 20.1. The molecule has 0 spiro atoms. The van der Waals surface area contributed by atoms with E-state index >= 15 is 0 Å². The summed E-state index contributed by atoms with van der Waals surface area (Å²) in [4.78, 5) is 4.24. The highest BCUT2D eigenvalue weighted by Gasteiger charge is 2.32. The van der Waals surface area contributed by atoms with Crippen LogP contribution in [0.15, 0.2) is 41.0 Å². The van der Waals surface area contributed by atoms with Gasteiger partial charge in [-0.1, -0.05) is 29.3 Å². The summed E-state index contributed by atoms with van der Waals surface area (Å²) in [5, 5.41) is 8.65. The van der Waals surface area contributed by atoms with Gasteiger partial charge < -0.3 is 15.5 Å². The molecule has 0 saturated heterocycles. The van der Waals surface area contributed by atoms with Crippen LogP contribution in [0.1, 0.15) is 29.8 Å². The minimum Gasteiger partial charge on any atom is -0.467 e. The van der Waals surface area contributed by atoms with Crippen LogP contribution in [-0.4, -0.2) is 14.8 Å². The van der Waals surface area contributed by atoms with Gasteiger partial charge in [-0.3, -0.25) is 0 Å². The molecule has 0 unspecified atom stereocenters. The van der Waals surface area contributed by atoms with E-state index in [-0.39, 0.29) is 18.0 Å². The van der Waals surface area contributed by atoms with Crippen LogP contribution in [0.5, 0.6) is 0 Å². The number of aromatic nitrogens is 3. The molecule has 2 aromatic heterocycles. The maximum absolute atomic E-state index is 6.14. The van der Waals surface area contributed by atoms with Gasteiger partial charge in [-0.2, -0.15) is 4.98 Å². The molecule has 3 heterocycles.